The van der Waals surface area contributed by atoms with E-state index in [4.69, 9.17) is 5.73 Å². The van der Waals surface area contributed by atoms with E-state index in [9.17, 15) is 0 Å². The van der Waals surface area contributed by atoms with Crippen LogP contribution in [0.5, 0.6) is 0 Å². The molecule has 0 aliphatic heterocycles. The number of hydrogen-bond donors (Lipinski definition) is 1. The quantitative estimate of drug-likeness (QED) is 0.601. The van der Waals surface area contributed by atoms with Gasteiger partial charge in [0, 0.05) is 0 Å². The standard InChI is InChI=1S/C15H34N2/c1-5-11-17(12-6-2)13-7-8-15(9-10-16)14(3)4/h14-15H,5-13,16H2,1-4H3. The summed E-state index contributed by atoms with van der Waals surface area (Å²) in [6.45, 7) is 13.8. The fraction of sp³-hybridized carbons (Fsp3) is 1.00. The summed E-state index contributed by atoms with van der Waals surface area (Å²) in [7, 11) is 0. The van der Waals surface area contributed by atoms with Crippen LogP contribution in [0, 0.1) is 11.8 Å². The maximum Gasteiger partial charge on any atom is -0.00186 e. The van der Waals surface area contributed by atoms with E-state index < -0.39 is 0 Å². The monoisotopic (exact) mass is 242 g/mol. The first-order valence-electron chi connectivity index (χ1n) is 7.58. The van der Waals surface area contributed by atoms with Crippen molar-refractivity contribution in [2.45, 2.75) is 59.8 Å². The van der Waals surface area contributed by atoms with Crippen molar-refractivity contribution in [1.82, 2.24) is 4.90 Å². The van der Waals surface area contributed by atoms with Gasteiger partial charge < -0.3 is 10.6 Å². The first-order chi connectivity index (χ1) is 8.15. The molecule has 0 radical (unpaired) electrons. The minimum atomic E-state index is 0.782. The van der Waals surface area contributed by atoms with E-state index in [1.54, 1.807) is 0 Å². The molecule has 0 spiro atoms. The summed E-state index contributed by atoms with van der Waals surface area (Å²) in [5.41, 5.74) is 5.68. The number of nitrogens with zero attached hydrogens (tertiary/aromatic N) is 1. The molecule has 0 bridgehead atoms. The third kappa shape index (κ3) is 8.62. The van der Waals surface area contributed by atoms with E-state index in [0.717, 1.165) is 18.4 Å². The molecule has 2 nitrogen and oxygen atoms in total. The van der Waals surface area contributed by atoms with Gasteiger partial charge in [-0.25, -0.2) is 0 Å². The minimum Gasteiger partial charge on any atom is -0.330 e. The maximum absolute atomic E-state index is 5.68. The van der Waals surface area contributed by atoms with Crippen molar-refractivity contribution in [2.75, 3.05) is 26.2 Å². The van der Waals surface area contributed by atoms with Crippen LogP contribution in [-0.4, -0.2) is 31.1 Å². The van der Waals surface area contributed by atoms with Gasteiger partial charge in [0.15, 0.2) is 0 Å². The molecule has 0 aromatic carbocycles. The normalized spacial score (nSPS) is 13.6. The molecule has 2 N–H and O–H groups in total. The molecule has 0 amide bonds. The van der Waals surface area contributed by atoms with Gasteiger partial charge in [0.1, 0.15) is 0 Å². The summed E-state index contributed by atoms with van der Waals surface area (Å²) < 4.78 is 0. The van der Waals surface area contributed by atoms with E-state index in [1.165, 1.54) is 51.7 Å². The molecule has 0 rings (SSSR count). The van der Waals surface area contributed by atoms with Crippen LogP contribution in [0.1, 0.15) is 59.8 Å². The lowest BCUT2D eigenvalue weighted by molar-refractivity contribution is 0.247. The van der Waals surface area contributed by atoms with Gasteiger partial charge in [0.2, 0.25) is 0 Å². The lowest BCUT2D eigenvalue weighted by Crippen LogP contribution is -2.27. The van der Waals surface area contributed by atoms with Crippen LogP contribution in [0.4, 0.5) is 0 Å². The molecule has 0 heterocycles. The van der Waals surface area contributed by atoms with Gasteiger partial charge in [-0.05, 0) is 70.1 Å². The molecule has 0 saturated heterocycles. The van der Waals surface area contributed by atoms with Crippen LogP contribution in [0.25, 0.3) is 0 Å². The first-order valence-corrected chi connectivity index (χ1v) is 7.58. The second-order valence-electron chi connectivity index (χ2n) is 5.57. The highest BCUT2D eigenvalue weighted by molar-refractivity contribution is 4.66. The number of hydrogen-bond acceptors (Lipinski definition) is 2. The molecule has 0 saturated carbocycles. The minimum absolute atomic E-state index is 0.782. The summed E-state index contributed by atoms with van der Waals surface area (Å²) in [6.07, 6.45) is 6.42. The Morgan fingerprint density at radius 3 is 1.94 bits per heavy atom. The summed E-state index contributed by atoms with van der Waals surface area (Å²) in [5.74, 6) is 1.61. The van der Waals surface area contributed by atoms with Gasteiger partial charge in [0.25, 0.3) is 0 Å². The highest BCUT2D eigenvalue weighted by Crippen LogP contribution is 2.20. The zero-order chi connectivity index (χ0) is 13.1. The van der Waals surface area contributed by atoms with Gasteiger partial charge in [-0.1, -0.05) is 27.7 Å². The zero-order valence-corrected chi connectivity index (χ0v) is 12.5. The summed E-state index contributed by atoms with van der Waals surface area (Å²) in [5, 5.41) is 0. The Morgan fingerprint density at radius 2 is 1.53 bits per heavy atom. The third-order valence-electron chi connectivity index (χ3n) is 3.61. The van der Waals surface area contributed by atoms with Crippen molar-refractivity contribution >= 4 is 0 Å². The molecular weight excluding hydrogens is 208 g/mol. The van der Waals surface area contributed by atoms with Gasteiger partial charge in [0.05, 0.1) is 0 Å². The SMILES string of the molecule is CCCN(CCC)CCCC(CCN)C(C)C. The predicted octanol–water partition coefficient (Wildman–Crippen LogP) is 3.51. The second kappa shape index (κ2) is 11.0. The number of rotatable bonds is 11. The fourth-order valence-corrected chi connectivity index (χ4v) is 2.57. The smallest absolute Gasteiger partial charge is 0.00186 e. The molecule has 0 aromatic heterocycles. The molecule has 0 fully saturated rings. The molecule has 2 heteroatoms. The highest BCUT2D eigenvalue weighted by Gasteiger charge is 2.12. The van der Waals surface area contributed by atoms with Crippen molar-refractivity contribution < 1.29 is 0 Å². The Morgan fingerprint density at radius 1 is 0.941 bits per heavy atom. The van der Waals surface area contributed by atoms with Crippen molar-refractivity contribution in [3.05, 3.63) is 0 Å². The fourth-order valence-electron chi connectivity index (χ4n) is 2.57. The average molecular weight is 242 g/mol. The van der Waals surface area contributed by atoms with Crippen molar-refractivity contribution in [3.63, 3.8) is 0 Å². The van der Waals surface area contributed by atoms with Crippen LogP contribution < -0.4 is 5.73 Å². The van der Waals surface area contributed by atoms with Crippen LogP contribution in [-0.2, 0) is 0 Å². The summed E-state index contributed by atoms with van der Waals surface area (Å²) >= 11 is 0. The van der Waals surface area contributed by atoms with Crippen molar-refractivity contribution in [1.29, 1.82) is 0 Å². The molecular formula is C15H34N2. The Kier molecular flexibility index (Phi) is 11.0. The average Bonchev–Trinajstić information content (AvgIpc) is 2.28. The topological polar surface area (TPSA) is 29.3 Å². The Bertz CT molecular complexity index is 151. The van der Waals surface area contributed by atoms with E-state index in [2.05, 4.69) is 32.6 Å². The van der Waals surface area contributed by atoms with Crippen LogP contribution in [0.15, 0.2) is 0 Å². The van der Waals surface area contributed by atoms with E-state index in [-0.39, 0.29) is 0 Å². The van der Waals surface area contributed by atoms with Crippen molar-refractivity contribution in [3.8, 4) is 0 Å². The van der Waals surface area contributed by atoms with Crippen LogP contribution in [0.3, 0.4) is 0 Å². The van der Waals surface area contributed by atoms with Crippen molar-refractivity contribution in [2.24, 2.45) is 17.6 Å². The Hall–Kier alpha value is -0.0800. The molecule has 1 atom stereocenters. The van der Waals surface area contributed by atoms with Crippen LogP contribution in [0.2, 0.25) is 0 Å². The first kappa shape index (κ1) is 16.9. The Balaban J connectivity index is 3.82. The maximum atomic E-state index is 5.68. The second-order valence-corrected chi connectivity index (χ2v) is 5.57. The summed E-state index contributed by atoms with van der Waals surface area (Å²) in [4.78, 5) is 2.61. The zero-order valence-electron chi connectivity index (χ0n) is 12.5. The van der Waals surface area contributed by atoms with Gasteiger partial charge in [-0.3, -0.25) is 0 Å². The molecule has 17 heavy (non-hydrogen) atoms. The molecule has 0 aliphatic carbocycles. The molecule has 0 aliphatic rings. The highest BCUT2D eigenvalue weighted by atomic mass is 15.1. The molecule has 1 unspecified atom stereocenters. The van der Waals surface area contributed by atoms with E-state index >= 15 is 0 Å². The predicted molar refractivity (Wildman–Crippen MR) is 78.3 cm³/mol. The van der Waals surface area contributed by atoms with E-state index in [1.807, 2.05) is 0 Å². The van der Waals surface area contributed by atoms with Gasteiger partial charge in [-0.15, -0.1) is 0 Å². The lowest BCUT2D eigenvalue weighted by atomic mass is 9.88. The van der Waals surface area contributed by atoms with E-state index in [0.29, 0.717) is 0 Å². The molecule has 0 aromatic rings. The number of nitrogens with two attached hydrogens (primary N) is 1. The van der Waals surface area contributed by atoms with Crippen LogP contribution >= 0.6 is 0 Å². The van der Waals surface area contributed by atoms with Gasteiger partial charge >= 0.3 is 0 Å². The van der Waals surface area contributed by atoms with Gasteiger partial charge in [-0.2, -0.15) is 0 Å². The molecule has 104 valence electrons. The lowest BCUT2D eigenvalue weighted by Gasteiger charge is -2.24. The Labute approximate surface area is 109 Å². The largest absolute Gasteiger partial charge is 0.330 e. The third-order valence-corrected chi connectivity index (χ3v) is 3.61. The summed E-state index contributed by atoms with van der Waals surface area (Å²) in [6, 6.07) is 0.